The molecule has 2 aromatic rings. The van der Waals surface area contributed by atoms with Gasteiger partial charge in [0, 0.05) is 25.5 Å². The van der Waals surface area contributed by atoms with Crippen molar-refractivity contribution in [2.75, 3.05) is 19.6 Å². The first-order chi connectivity index (χ1) is 14.1. The van der Waals surface area contributed by atoms with Gasteiger partial charge in [-0.15, -0.1) is 0 Å². The van der Waals surface area contributed by atoms with E-state index in [0.29, 0.717) is 25.1 Å². The maximum absolute atomic E-state index is 13.1. The van der Waals surface area contributed by atoms with Crippen molar-refractivity contribution in [3.8, 4) is 0 Å². The molecule has 29 heavy (non-hydrogen) atoms. The van der Waals surface area contributed by atoms with E-state index < -0.39 is 0 Å². The average Bonchev–Trinajstić information content (AvgIpc) is 3.15. The van der Waals surface area contributed by atoms with Crippen LogP contribution in [0.1, 0.15) is 35.3 Å². The summed E-state index contributed by atoms with van der Waals surface area (Å²) in [7, 11) is 0. The van der Waals surface area contributed by atoms with Crippen LogP contribution in [0.3, 0.4) is 0 Å². The third-order valence-corrected chi connectivity index (χ3v) is 5.67. The minimum Gasteiger partial charge on any atom is -0.356 e. The van der Waals surface area contributed by atoms with E-state index in [-0.39, 0.29) is 42.3 Å². The molecule has 1 aromatic carbocycles. The van der Waals surface area contributed by atoms with Gasteiger partial charge in [-0.1, -0.05) is 30.3 Å². The summed E-state index contributed by atoms with van der Waals surface area (Å²) in [6, 6.07) is 12.6. The van der Waals surface area contributed by atoms with Crippen LogP contribution >= 0.6 is 0 Å². The van der Waals surface area contributed by atoms with E-state index in [1.165, 1.54) is 6.20 Å². The first-order valence-electron chi connectivity index (χ1n) is 9.93. The SMILES string of the molecule is CCNC(=O)[C@@H]1C[C@@H]2CN(C(=O)c3cccnc3)CC(=O)N2[C@@H]1c1ccccc1. The van der Waals surface area contributed by atoms with Crippen LogP contribution in [0.15, 0.2) is 54.9 Å². The van der Waals surface area contributed by atoms with Crippen LogP contribution in [-0.4, -0.2) is 58.2 Å². The van der Waals surface area contributed by atoms with Gasteiger partial charge < -0.3 is 15.1 Å². The predicted molar refractivity (Wildman–Crippen MR) is 107 cm³/mol. The van der Waals surface area contributed by atoms with Crippen LogP contribution < -0.4 is 5.32 Å². The average molecular weight is 392 g/mol. The minimum atomic E-state index is -0.334. The fourth-order valence-corrected chi connectivity index (χ4v) is 4.47. The molecule has 2 fully saturated rings. The van der Waals surface area contributed by atoms with E-state index in [2.05, 4.69) is 10.3 Å². The Balaban J connectivity index is 1.62. The third-order valence-electron chi connectivity index (χ3n) is 5.67. The fourth-order valence-electron chi connectivity index (χ4n) is 4.47. The second kappa shape index (κ2) is 8.03. The second-order valence-electron chi connectivity index (χ2n) is 7.47. The van der Waals surface area contributed by atoms with Gasteiger partial charge in [-0.25, -0.2) is 0 Å². The van der Waals surface area contributed by atoms with E-state index >= 15 is 0 Å². The third kappa shape index (κ3) is 3.60. The smallest absolute Gasteiger partial charge is 0.255 e. The molecule has 3 atom stereocenters. The van der Waals surface area contributed by atoms with Gasteiger partial charge in [0.15, 0.2) is 0 Å². The van der Waals surface area contributed by atoms with Crippen molar-refractivity contribution >= 4 is 17.7 Å². The molecule has 1 N–H and O–H groups in total. The zero-order valence-electron chi connectivity index (χ0n) is 16.3. The largest absolute Gasteiger partial charge is 0.356 e. The van der Waals surface area contributed by atoms with Crippen molar-refractivity contribution in [2.24, 2.45) is 5.92 Å². The molecular formula is C22H24N4O3. The fraction of sp³-hybridized carbons (Fsp3) is 0.364. The molecule has 0 unspecified atom stereocenters. The highest BCUT2D eigenvalue weighted by atomic mass is 16.2. The van der Waals surface area contributed by atoms with E-state index in [1.807, 2.05) is 42.2 Å². The Kier molecular flexibility index (Phi) is 5.29. The first kappa shape index (κ1) is 19.1. The van der Waals surface area contributed by atoms with Crippen molar-refractivity contribution in [1.82, 2.24) is 20.1 Å². The molecule has 150 valence electrons. The molecule has 2 aliphatic heterocycles. The number of nitrogens with zero attached hydrogens (tertiary/aromatic N) is 3. The number of piperazine rings is 1. The van der Waals surface area contributed by atoms with Gasteiger partial charge in [0.1, 0.15) is 6.54 Å². The van der Waals surface area contributed by atoms with Gasteiger partial charge in [0.05, 0.1) is 23.6 Å². The Labute approximate surface area is 169 Å². The topological polar surface area (TPSA) is 82.6 Å². The number of hydrogen-bond donors (Lipinski definition) is 1. The molecule has 3 heterocycles. The molecule has 1 aromatic heterocycles. The van der Waals surface area contributed by atoms with Crippen LogP contribution in [-0.2, 0) is 9.59 Å². The van der Waals surface area contributed by atoms with E-state index in [9.17, 15) is 14.4 Å². The van der Waals surface area contributed by atoms with E-state index in [4.69, 9.17) is 0 Å². The Hall–Kier alpha value is -3.22. The van der Waals surface area contributed by atoms with E-state index in [0.717, 1.165) is 5.56 Å². The quantitative estimate of drug-likeness (QED) is 0.857. The monoisotopic (exact) mass is 392 g/mol. The van der Waals surface area contributed by atoms with E-state index in [1.54, 1.807) is 23.2 Å². The van der Waals surface area contributed by atoms with Crippen LogP contribution in [0, 0.1) is 5.92 Å². The first-order valence-corrected chi connectivity index (χ1v) is 9.93. The van der Waals surface area contributed by atoms with Crippen LogP contribution in [0.5, 0.6) is 0 Å². The molecule has 2 aliphatic rings. The molecule has 2 saturated heterocycles. The van der Waals surface area contributed by atoms with Gasteiger partial charge in [-0.05, 0) is 31.0 Å². The summed E-state index contributed by atoms with van der Waals surface area (Å²) in [6.07, 6.45) is 3.66. The lowest BCUT2D eigenvalue weighted by molar-refractivity contribution is -0.139. The maximum atomic E-state index is 13.1. The summed E-state index contributed by atoms with van der Waals surface area (Å²) >= 11 is 0. The lowest BCUT2D eigenvalue weighted by Crippen LogP contribution is -2.55. The molecule has 0 radical (unpaired) electrons. The molecule has 3 amide bonds. The number of amides is 3. The summed E-state index contributed by atoms with van der Waals surface area (Å²) in [6.45, 7) is 2.85. The Morgan fingerprint density at radius 2 is 1.97 bits per heavy atom. The van der Waals surface area contributed by atoms with Gasteiger partial charge in [-0.3, -0.25) is 19.4 Å². The van der Waals surface area contributed by atoms with Crippen LogP contribution in [0.2, 0.25) is 0 Å². The van der Waals surface area contributed by atoms with Gasteiger partial charge >= 0.3 is 0 Å². The number of aromatic nitrogens is 1. The zero-order valence-corrected chi connectivity index (χ0v) is 16.3. The highest BCUT2D eigenvalue weighted by molar-refractivity contribution is 5.97. The number of benzene rings is 1. The molecule has 0 saturated carbocycles. The maximum Gasteiger partial charge on any atom is 0.255 e. The zero-order chi connectivity index (χ0) is 20.4. The number of fused-ring (bicyclic) bond motifs is 1. The standard InChI is InChI=1S/C22H24N4O3/c1-2-24-21(28)18-11-17-13-25(22(29)16-9-6-10-23-12-16)14-19(27)26(17)20(18)15-7-4-3-5-8-15/h3-10,12,17-18,20H,2,11,13-14H2,1H3,(H,24,28)/t17-,18-,20-/m1/s1. The molecular weight excluding hydrogens is 368 g/mol. The Morgan fingerprint density at radius 3 is 2.66 bits per heavy atom. The summed E-state index contributed by atoms with van der Waals surface area (Å²) in [5, 5.41) is 2.91. The molecule has 4 rings (SSSR count). The predicted octanol–water partition coefficient (Wildman–Crippen LogP) is 1.63. The number of carbonyl (C=O) groups is 3. The number of hydrogen-bond acceptors (Lipinski definition) is 4. The lowest BCUT2D eigenvalue weighted by Gasteiger charge is -2.40. The molecule has 0 aliphatic carbocycles. The normalized spacial score (nSPS) is 23.6. The number of nitrogens with one attached hydrogen (secondary N) is 1. The minimum absolute atomic E-state index is 0.00960. The van der Waals surface area contributed by atoms with Crippen LogP contribution in [0.4, 0.5) is 0 Å². The van der Waals surface area contributed by atoms with Crippen molar-refractivity contribution in [1.29, 1.82) is 0 Å². The van der Waals surface area contributed by atoms with Gasteiger partial charge in [0.2, 0.25) is 11.8 Å². The van der Waals surface area contributed by atoms with Gasteiger partial charge in [0.25, 0.3) is 5.91 Å². The summed E-state index contributed by atoms with van der Waals surface area (Å²) in [5.41, 5.74) is 1.42. The molecule has 7 nitrogen and oxygen atoms in total. The van der Waals surface area contributed by atoms with Crippen molar-refractivity contribution in [3.05, 3.63) is 66.0 Å². The summed E-state index contributed by atoms with van der Waals surface area (Å²) < 4.78 is 0. The van der Waals surface area contributed by atoms with Crippen molar-refractivity contribution < 1.29 is 14.4 Å². The number of carbonyl (C=O) groups excluding carboxylic acids is 3. The Morgan fingerprint density at radius 1 is 1.17 bits per heavy atom. The van der Waals surface area contributed by atoms with Crippen molar-refractivity contribution in [3.63, 3.8) is 0 Å². The second-order valence-corrected chi connectivity index (χ2v) is 7.47. The molecule has 0 spiro atoms. The molecule has 0 bridgehead atoms. The lowest BCUT2D eigenvalue weighted by atomic mass is 9.92. The highest BCUT2D eigenvalue weighted by Gasteiger charge is 2.50. The highest BCUT2D eigenvalue weighted by Crippen LogP contribution is 2.43. The van der Waals surface area contributed by atoms with Crippen molar-refractivity contribution in [2.45, 2.75) is 25.4 Å². The number of rotatable bonds is 4. The summed E-state index contributed by atoms with van der Waals surface area (Å²) in [4.78, 5) is 46.1. The van der Waals surface area contributed by atoms with Crippen LogP contribution in [0.25, 0.3) is 0 Å². The summed E-state index contributed by atoms with van der Waals surface area (Å²) in [5.74, 6) is -0.712. The van der Waals surface area contributed by atoms with Gasteiger partial charge in [-0.2, -0.15) is 0 Å². The Bertz CT molecular complexity index is 903. The number of pyridine rings is 1. The molecule has 7 heteroatoms.